The minimum absolute atomic E-state index is 0.330. The van der Waals surface area contributed by atoms with Crippen LogP contribution in [0.5, 0.6) is 0 Å². The molecule has 0 aliphatic carbocycles. The summed E-state index contributed by atoms with van der Waals surface area (Å²) in [5, 5.41) is 9.49. The summed E-state index contributed by atoms with van der Waals surface area (Å²) in [5.74, 6) is -3.59. The van der Waals surface area contributed by atoms with Crippen LogP contribution < -0.4 is 5.11 Å². The highest BCUT2D eigenvalue weighted by Gasteiger charge is 2.33. The molecule has 0 bridgehead atoms. The van der Waals surface area contributed by atoms with Crippen molar-refractivity contribution in [2.45, 2.75) is 19.0 Å². The fraction of sp³-hybridized carbons (Fsp3) is 0.800. The molecule has 0 aromatic heterocycles. The molecular weight excluding hydrogens is 165 g/mol. The summed E-state index contributed by atoms with van der Waals surface area (Å²) in [6, 6.07) is 0. The smallest absolute Gasteiger partial charge is 0.277 e. The predicted molar refractivity (Wildman–Crippen MR) is 26.9 cm³/mol. The Balaban J connectivity index is 3.70. The van der Waals surface area contributed by atoms with Crippen LogP contribution in [0.4, 0.5) is 18.0 Å². The van der Waals surface area contributed by atoms with Crippen molar-refractivity contribution in [2.75, 3.05) is 6.61 Å². The van der Waals surface area contributed by atoms with Crippen LogP contribution in [0.1, 0.15) is 6.92 Å². The molecular formula is C5H6F3O3-. The summed E-state index contributed by atoms with van der Waals surface area (Å²) in [4.78, 5) is 9.49. The van der Waals surface area contributed by atoms with Crippen molar-refractivity contribution in [3.8, 4) is 0 Å². The summed E-state index contributed by atoms with van der Waals surface area (Å²) in [7, 11) is 0. The van der Waals surface area contributed by atoms with Crippen LogP contribution >= 0.6 is 0 Å². The molecule has 0 spiro atoms. The fourth-order valence-corrected chi connectivity index (χ4v) is 0.288. The second-order valence-corrected chi connectivity index (χ2v) is 1.98. The molecule has 0 fully saturated rings. The first-order chi connectivity index (χ1) is 4.84. The lowest BCUT2D eigenvalue weighted by atomic mass is 10.2. The Hall–Kier alpha value is -0.940. The number of hydrogen-bond donors (Lipinski definition) is 0. The van der Waals surface area contributed by atoms with Crippen molar-refractivity contribution in [1.82, 2.24) is 0 Å². The van der Waals surface area contributed by atoms with Gasteiger partial charge in [0, 0.05) is 6.92 Å². The standard InChI is InChI=1S/C5H7F3O3/c1-5(7,8)3(6)2-11-4(9)10/h3H,2H2,1H3,(H,9,10)/p-1. The normalized spacial score (nSPS) is 14.2. The number of rotatable bonds is 3. The van der Waals surface area contributed by atoms with Crippen LogP contribution in [-0.2, 0) is 4.74 Å². The maximum atomic E-state index is 12.1. The van der Waals surface area contributed by atoms with Gasteiger partial charge in [-0.3, -0.25) is 0 Å². The third-order valence-electron chi connectivity index (χ3n) is 0.898. The zero-order chi connectivity index (χ0) is 9.07. The number of carbonyl (C=O) groups is 1. The topological polar surface area (TPSA) is 49.4 Å². The van der Waals surface area contributed by atoms with Crippen LogP contribution in [0.2, 0.25) is 0 Å². The number of alkyl halides is 3. The van der Waals surface area contributed by atoms with Crippen molar-refractivity contribution >= 4 is 6.16 Å². The first-order valence-electron chi connectivity index (χ1n) is 2.69. The third-order valence-corrected chi connectivity index (χ3v) is 0.898. The molecule has 3 nitrogen and oxygen atoms in total. The van der Waals surface area contributed by atoms with E-state index < -0.39 is 24.9 Å². The Morgan fingerprint density at radius 2 is 2.18 bits per heavy atom. The Kier molecular flexibility index (Phi) is 3.16. The minimum atomic E-state index is -3.59. The van der Waals surface area contributed by atoms with E-state index in [0.29, 0.717) is 6.92 Å². The second kappa shape index (κ2) is 3.45. The van der Waals surface area contributed by atoms with Crippen molar-refractivity contribution in [3.63, 3.8) is 0 Å². The van der Waals surface area contributed by atoms with Crippen LogP contribution in [-0.4, -0.2) is 24.9 Å². The van der Waals surface area contributed by atoms with Crippen molar-refractivity contribution < 1.29 is 27.8 Å². The van der Waals surface area contributed by atoms with Crippen LogP contribution in [0.3, 0.4) is 0 Å². The first-order valence-corrected chi connectivity index (χ1v) is 2.69. The Morgan fingerprint density at radius 1 is 1.73 bits per heavy atom. The number of ether oxygens (including phenoxy) is 1. The van der Waals surface area contributed by atoms with E-state index in [1.165, 1.54) is 0 Å². The van der Waals surface area contributed by atoms with E-state index in [1.54, 1.807) is 0 Å². The van der Waals surface area contributed by atoms with Gasteiger partial charge in [-0.05, 0) is 0 Å². The van der Waals surface area contributed by atoms with Gasteiger partial charge in [-0.2, -0.15) is 0 Å². The quantitative estimate of drug-likeness (QED) is 0.575. The largest absolute Gasteiger partial charge is 0.546 e. The monoisotopic (exact) mass is 171 g/mol. The molecule has 1 atom stereocenters. The van der Waals surface area contributed by atoms with Gasteiger partial charge in [0.25, 0.3) is 12.1 Å². The summed E-state index contributed by atoms with van der Waals surface area (Å²) in [5.41, 5.74) is 0. The predicted octanol–water partition coefficient (Wildman–Crippen LogP) is 0.340. The molecule has 0 aliphatic rings. The number of hydrogen-bond acceptors (Lipinski definition) is 3. The van der Waals surface area contributed by atoms with Gasteiger partial charge in [-0.1, -0.05) is 0 Å². The van der Waals surface area contributed by atoms with E-state index in [4.69, 9.17) is 0 Å². The number of carboxylic acid groups (broad SMARTS) is 1. The highest BCUT2D eigenvalue weighted by Crippen LogP contribution is 2.20. The van der Waals surface area contributed by atoms with Gasteiger partial charge in [0.1, 0.15) is 0 Å². The molecule has 0 aromatic carbocycles. The van der Waals surface area contributed by atoms with Crippen LogP contribution in [0.15, 0.2) is 0 Å². The fourth-order valence-electron chi connectivity index (χ4n) is 0.288. The van der Waals surface area contributed by atoms with Crippen LogP contribution in [0, 0.1) is 0 Å². The third kappa shape index (κ3) is 4.46. The van der Waals surface area contributed by atoms with Crippen molar-refractivity contribution in [2.24, 2.45) is 0 Å². The molecule has 0 rings (SSSR count). The lowest BCUT2D eigenvalue weighted by molar-refractivity contribution is -0.285. The molecule has 0 saturated carbocycles. The van der Waals surface area contributed by atoms with Crippen LogP contribution in [0.25, 0.3) is 0 Å². The van der Waals surface area contributed by atoms with E-state index in [2.05, 4.69) is 4.74 Å². The van der Waals surface area contributed by atoms with Crippen molar-refractivity contribution in [3.05, 3.63) is 0 Å². The lowest BCUT2D eigenvalue weighted by Gasteiger charge is -2.17. The maximum absolute atomic E-state index is 12.1. The van der Waals surface area contributed by atoms with Crippen molar-refractivity contribution in [1.29, 1.82) is 0 Å². The molecule has 0 amide bonds. The van der Waals surface area contributed by atoms with Gasteiger partial charge < -0.3 is 14.6 Å². The van der Waals surface area contributed by atoms with Gasteiger partial charge in [-0.25, -0.2) is 13.2 Å². The molecule has 0 aromatic rings. The van der Waals surface area contributed by atoms with E-state index in [-0.39, 0.29) is 0 Å². The Labute approximate surface area is 60.8 Å². The summed E-state index contributed by atoms with van der Waals surface area (Å²) in [6.45, 7) is -0.873. The van der Waals surface area contributed by atoms with Gasteiger partial charge in [0.05, 0.1) is 6.61 Å². The average Bonchev–Trinajstić information content (AvgIpc) is 1.80. The number of carbonyl (C=O) groups excluding carboxylic acids is 1. The lowest BCUT2D eigenvalue weighted by Crippen LogP contribution is -2.34. The summed E-state index contributed by atoms with van der Waals surface area (Å²) in [6.07, 6.45) is -4.64. The Bertz CT molecular complexity index is 142. The van der Waals surface area contributed by atoms with E-state index in [0.717, 1.165) is 0 Å². The second-order valence-electron chi connectivity index (χ2n) is 1.98. The zero-order valence-corrected chi connectivity index (χ0v) is 5.64. The van der Waals surface area contributed by atoms with Gasteiger partial charge in [0.15, 0.2) is 6.17 Å². The maximum Gasteiger partial charge on any atom is 0.277 e. The molecule has 0 N–H and O–H groups in total. The average molecular weight is 171 g/mol. The zero-order valence-electron chi connectivity index (χ0n) is 5.64. The van der Waals surface area contributed by atoms with Gasteiger partial charge in [-0.15, -0.1) is 0 Å². The molecule has 0 radical (unpaired) electrons. The molecule has 1 unspecified atom stereocenters. The highest BCUT2D eigenvalue weighted by atomic mass is 19.3. The summed E-state index contributed by atoms with van der Waals surface area (Å²) >= 11 is 0. The summed E-state index contributed by atoms with van der Waals surface area (Å²) < 4.78 is 39.4. The molecule has 0 heterocycles. The van der Waals surface area contributed by atoms with E-state index in [1.807, 2.05) is 0 Å². The molecule has 11 heavy (non-hydrogen) atoms. The molecule has 6 heteroatoms. The van der Waals surface area contributed by atoms with E-state index in [9.17, 15) is 23.1 Å². The molecule has 0 saturated heterocycles. The van der Waals surface area contributed by atoms with Gasteiger partial charge in [0.2, 0.25) is 0 Å². The Morgan fingerprint density at radius 3 is 2.45 bits per heavy atom. The van der Waals surface area contributed by atoms with Gasteiger partial charge >= 0.3 is 0 Å². The molecule has 0 aliphatic heterocycles. The van der Waals surface area contributed by atoms with E-state index >= 15 is 0 Å². The first kappa shape index (κ1) is 10.1. The highest BCUT2D eigenvalue weighted by molar-refractivity contribution is 5.53. The molecule has 66 valence electrons. The SMILES string of the molecule is CC(F)(F)C(F)COC(=O)[O-]. The minimum Gasteiger partial charge on any atom is -0.546 e. The number of halogens is 3.